The Morgan fingerprint density at radius 2 is 1.95 bits per heavy atom. The van der Waals surface area contributed by atoms with Crippen LogP contribution in [0.2, 0.25) is 0 Å². The minimum Gasteiger partial charge on any atom is -0.342 e. The lowest BCUT2D eigenvalue weighted by Crippen LogP contribution is -2.41. The summed E-state index contributed by atoms with van der Waals surface area (Å²) in [5.41, 5.74) is -0.866. The van der Waals surface area contributed by atoms with E-state index < -0.39 is 11.2 Å². The van der Waals surface area contributed by atoms with Gasteiger partial charge in [-0.05, 0) is 31.1 Å². The van der Waals surface area contributed by atoms with Crippen LogP contribution in [0, 0.1) is 11.8 Å². The lowest BCUT2D eigenvalue weighted by molar-refractivity contribution is -0.133. The molecule has 0 aromatic carbocycles. The number of hydrogen-bond donors (Lipinski definition) is 1. The number of aromatic amines is 1. The number of hydrogen-bond acceptors (Lipinski definition) is 3. The van der Waals surface area contributed by atoms with Crippen LogP contribution in [0.4, 0.5) is 0 Å². The quantitative estimate of drug-likeness (QED) is 0.856. The van der Waals surface area contributed by atoms with Crippen molar-refractivity contribution in [3.05, 3.63) is 33.1 Å². The number of nitrogens with zero attached hydrogens (tertiary/aromatic N) is 2. The van der Waals surface area contributed by atoms with Gasteiger partial charge in [0.05, 0.1) is 0 Å². The number of carbonyl (C=O) groups excluding carboxylic acids is 1. The standard InChI is InChI=1S/C14H19N3O3/c18-12-3-5-16(14(20)15-12)6-4-13(19)17-8-10-1-2-11(7-10)9-17/h3,5,10-11H,1-2,4,6-9H2,(H,15,18,20)/t10-,11+. The highest BCUT2D eigenvalue weighted by Crippen LogP contribution is 2.36. The van der Waals surface area contributed by atoms with Crippen LogP contribution in [-0.2, 0) is 11.3 Å². The number of fused-ring (bicyclic) bond motifs is 2. The molecule has 1 saturated heterocycles. The van der Waals surface area contributed by atoms with Crippen molar-refractivity contribution in [2.75, 3.05) is 13.1 Å². The fourth-order valence-corrected chi connectivity index (χ4v) is 3.41. The number of amides is 1. The molecular weight excluding hydrogens is 258 g/mol. The van der Waals surface area contributed by atoms with Gasteiger partial charge in [0.2, 0.25) is 5.91 Å². The Hall–Kier alpha value is -1.85. The zero-order chi connectivity index (χ0) is 14.1. The van der Waals surface area contributed by atoms with Crippen molar-refractivity contribution in [2.24, 2.45) is 11.8 Å². The van der Waals surface area contributed by atoms with Gasteiger partial charge < -0.3 is 9.47 Å². The number of aromatic nitrogens is 2. The summed E-state index contributed by atoms with van der Waals surface area (Å²) in [5, 5.41) is 0. The number of H-pyrrole nitrogens is 1. The molecule has 1 amide bonds. The second kappa shape index (κ2) is 5.26. The summed E-state index contributed by atoms with van der Waals surface area (Å²) in [6.45, 7) is 2.06. The first-order valence-electron chi connectivity index (χ1n) is 7.19. The van der Waals surface area contributed by atoms with Crippen LogP contribution in [0.25, 0.3) is 0 Å². The average molecular weight is 277 g/mol. The Balaban J connectivity index is 1.59. The van der Waals surface area contributed by atoms with Gasteiger partial charge in [-0.15, -0.1) is 0 Å². The highest BCUT2D eigenvalue weighted by Gasteiger charge is 2.34. The van der Waals surface area contributed by atoms with Gasteiger partial charge >= 0.3 is 5.69 Å². The molecular formula is C14H19N3O3. The molecule has 3 rings (SSSR count). The van der Waals surface area contributed by atoms with Crippen molar-refractivity contribution >= 4 is 5.91 Å². The lowest BCUT2D eigenvalue weighted by Gasteiger charge is -2.32. The molecule has 2 atom stereocenters. The van der Waals surface area contributed by atoms with Gasteiger partial charge in [0.1, 0.15) is 0 Å². The van der Waals surface area contributed by atoms with E-state index in [1.165, 1.54) is 36.1 Å². The summed E-state index contributed by atoms with van der Waals surface area (Å²) in [4.78, 5) is 38.8. The van der Waals surface area contributed by atoms with Gasteiger partial charge in [-0.25, -0.2) is 4.79 Å². The molecule has 6 heteroatoms. The van der Waals surface area contributed by atoms with E-state index in [-0.39, 0.29) is 5.91 Å². The predicted octanol–water partition coefficient (Wildman–Crippen LogP) is 0.185. The fraction of sp³-hybridized carbons (Fsp3) is 0.643. The van der Waals surface area contributed by atoms with Crippen LogP contribution in [0.5, 0.6) is 0 Å². The molecule has 1 aromatic rings. The summed E-state index contributed by atoms with van der Waals surface area (Å²) in [6.07, 6.45) is 5.50. The van der Waals surface area contributed by atoms with E-state index >= 15 is 0 Å². The van der Waals surface area contributed by atoms with Gasteiger partial charge in [-0.2, -0.15) is 0 Å². The van der Waals surface area contributed by atoms with Crippen LogP contribution in [-0.4, -0.2) is 33.4 Å². The second-order valence-electron chi connectivity index (χ2n) is 5.90. The molecule has 1 saturated carbocycles. The average Bonchev–Trinajstić information content (AvgIpc) is 2.76. The Kier molecular flexibility index (Phi) is 3.46. The van der Waals surface area contributed by atoms with E-state index in [0.29, 0.717) is 24.8 Å². The summed E-state index contributed by atoms with van der Waals surface area (Å²) in [7, 11) is 0. The van der Waals surface area contributed by atoms with Gasteiger partial charge in [0.15, 0.2) is 0 Å². The van der Waals surface area contributed by atoms with Crippen LogP contribution in [0.15, 0.2) is 21.9 Å². The Bertz CT molecular complexity index is 607. The van der Waals surface area contributed by atoms with E-state index in [9.17, 15) is 14.4 Å². The molecule has 0 radical (unpaired) electrons. The van der Waals surface area contributed by atoms with E-state index in [2.05, 4.69) is 4.98 Å². The molecule has 0 unspecified atom stereocenters. The van der Waals surface area contributed by atoms with Gasteiger partial charge in [0, 0.05) is 38.3 Å². The first-order chi connectivity index (χ1) is 9.61. The third-order valence-electron chi connectivity index (χ3n) is 4.42. The number of carbonyl (C=O) groups is 1. The van der Waals surface area contributed by atoms with Crippen molar-refractivity contribution in [3.63, 3.8) is 0 Å². The SMILES string of the molecule is O=C(CCn1ccc(=O)[nH]c1=O)N1C[C@@H]2CC[C@@H](C2)C1. The molecule has 2 fully saturated rings. The molecule has 0 spiro atoms. The van der Waals surface area contributed by atoms with Crippen molar-refractivity contribution < 1.29 is 4.79 Å². The maximum absolute atomic E-state index is 12.2. The largest absolute Gasteiger partial charge is 0.342 e. The van der Waals surface area contributed by atoms with Crippen molar-refractivity contribution in [2.45, 2.75) is 32.2 Å². The summed E-state index contributed by atoms with van der Waals surface area (Å²) in [5.74, 6) is 1.46. The molecule has 108 valence electrons. The molecule has 6 nitrogen and oxygen atoms in total. The Labute approximate surface area is 116 Å². The summed E-state index contributed by atoms with van der Waals surface area (Å²) < 4.78 is 1.37. The molecule has 20 heavy (non-hydrogen) atoms. The molecule has 2 heterocycles. The van der Waals surface area contributed by atoms with Crippen molar-refractivity contribution in [3.8, 4) is 0 Å². The van der Waals surface area contributed by atoms with Crippen LogP contribution >= 0.6 is 0 Å². The number of aryl methyl sites for hydroxylation is 1. The number of piperidine rings is 1. The third kappa shape index (κ3) is 2.69. The Morgan fingerprint density at radius 1 is 1.25 bits per heavy atom. The van der Waals surface area contributed by atoms with Crippen LogP contribution in [0.3, 0.4) is 0 Å². The molecule has 1 aromatic heterocycles. The first kappa shape index (κ1) is 13.1. The van der Waals surface area contributed by atoms with Gasteiger partial charge in [0.25, 0.3) is 5.56 Å². The van der Waals surface area contributed by atoms with Crippen molar-refractivity contribution in [1.29, 1.82) is 0 Å². The van der Waals surface area contributed by atoms with Crippen LogP contribution in [0.1, 0.15) is 25.7 Å². The fourth-order valence-electron chi connectivity index (χ4n) is 3.41. The van der Waals surface area contributed by atoms with E-state index in [0.717, 1.165) is 13.1 Å². The van der Waals surface area contributed by atoms with Gasteiger partial charge in [-0.3, -0.25) is 14.6 Å². The number of rotatable bonds is 3. The Morgan fingerprint density at radius 3 is 2.60 bits per heavy atom. The smallest absolute Gasteiger partial charge is 0.328 e. The minimum atomic E-state index is -0.455. The third-order valence-corrected chi connectivity index (χ3v) is 4.42. The molecule has 2 aliphatic rings. The topological polar surface area (TPSA) is 75.2 Å². The zero-order valence-electron chi connectivity index (χ0n) is 11.4. The van der Waals surface area contributed by atoms with E-state index in [4.69, 9.17) is 0 Å². The number of nitrogens with one attached hydrogen (secondary N) is 1. The second-order valence-corrected chi connectivity index (χ2v) is 5.90. The predicted molar refractivity (Wildman–Crippen MR) is 73.4 cm³/mol. The normalized spacial score (nSPS) is 24.9. The first-order valence-corrected chi connectivity index (χ1v) is 7.19. The van der Waals surface area contributed by atoms with Crippen LogP contribution < -0.4 is 11.2 Å². The highest BCUT2D eigenvalue weighted by atomic mass is 16.2. The van der Waals surface area contributed by atoms with E-state index in [1.54, 1.807) is 0 Å². The van der Waals surface area contributed by atoms with E-state index in [1.807, 2.05) is 4.90 Å². The highest BCUT2D eigenvalue weighted by molar-refractivity contribution is 5.76. The van der Waals surface area contributed by atoms with Crippen molar-refractivity contribution in [1.82, 2.24) is 14.5 Å². The minimum absolute atomic E-state index is 0.111. The maximum Gasteiger partial charge on any atom is 0.328 e. The molecule has 1 N–H and O–H groups in total. The number of likely N-dealkylation sites (tertiary alicyclic amines) is 1. The molecule has 1 aliphatic heterocycles. The molecule has 1 aliphatic carbocycles. The summed E-state index contributed by atoms with van der Waals surface area (Å²) in [6, 6.07) is 1.30. The monoisotopic (exact) mass is 277 g/mol. The lowest BCUT2D eigenvalue weighted by atomic mass is 9.98. The summed E-state index contributed by atoms with van der Waals surface area (Å²) >= 11 is 0. The zero-order valence-corrected chi connectivity index (χ0v) is 11.4. The van der Waals surface area contributed by atoms with Gasteiger partial charge in [-0.1, -0.05) is 0 Å². The maximum atomic E-state index is 12.2. The molecule has 2 bridgehead atoms.